The fourth-order valence-corrected chi connectivity index (χ4v) is 2.09. The first-order chi connectivity index (χ1) is 13.2. The molecule has 150 valence electrons. The van der Waals surface area contributed by atoms with Crippen molar-refractivity contribution in [3.63, 3.8) is 0 Å². The molecule has 0 bridgehead atoms. The molecule has 0 saturated carbocycles. The van der Waals surface area contributed by atoms with Crippen molar-refractivity contribution in [1.82, 2.24) is 0 Å². The van der Waals surface area contributed by atoms with Gasteiger partial charge in [0.1, 0.15) is 19.0 Å². The lowest BCUT2D eigenvalue weighted by molar-refractivity contribution is -0.148. The highest BCUT2D eigenvalue weighted by atomic mass is 19.4. The second-order valence-corrected chi connectivity index (χ2v) is 5.83. The van der Waals surface area contributed by atoms with E-state index in [1.54, 1.807) is 31.2 Å². The van der Waals surface area contributed by atoms with Crippen molar-refractivity contribution >= 4 is 11.7 Å². The zero-order valence-corrected chi connectivity index (χ0v) is 14.8. The molecule has 0 heterocycles. The van der Waals surface area contributed by atoms with Crippen molar-refractivity contribution in [3.05, 3.63) is 65.2 Å². The van der Waals surface area contributed by atoms with Gasteiger partial charge in [-0.2, -0.15) is 13.2 Å². The molecule has 9 heteroatoms. The van der Waals surface area contributed by atoms with E-state index in [0.717, 1.165) is 12.1 Å². The van der Waals surface area contributed by atoms with Crippen molar-refractivity contribution in [3.8, 4) is 5.75 Å². The van der Waals surface area contributed by atoms with E-state index in [1.165, 1.54) is 12.1 Å². The van der Waals surface area contributed by atoms with Gasteiger partial charge < -0.3 is 19.8 Å². The monoisotopic (exact) mass is 397 g/mol. The predicted octanol–water partition coefficient (Wildman–Crippen LogP) is 3.47. The average Bonchev–Trinajstić information content (AvgIpc) is 2.66. The first-order valence-electron chi connectivity index (χ1n) is 8.13. The molecule has 0 aromatic heterocycles. The van der Waals surface area contributed by atoms with Gasteiger partial charge in [-0.25, -0.2) is 4.79 Å². The number of nitrogens with zero attached hydrogens (tertiary/aromatic N) is 1. The number of aliphatic hydroxyl groups is 1. The van der Waals surface area contributed by atoms with Gasteiger partial charge in [0, 0.05) is 0 Å². The molecule has 1 atom stereocenters. The molecule has 28 heavy (non-hydrogen) atoms. The summed E-state index contributed by atoms with van der Waals surface area (Å²) < 4.78 is 42.7. The molecular formula is C19H18F3NO5. The third kappa shape index (κ3) is 6.27. The van der Waals surface area contributed by atoms with Crippen molar-refractivity contribution in [2.75, 3.05) is 6.61 Å². The molecule has 2 rings (SSSR count). The van der Waals surface area contributed by atoms with Crippen molar-refractivity contribution in [1.29, 1.82) is 0 Å². The highest BCUT2D eigenvalue weighted by Gasteiger charge is 2.29. The summed E-state index contributed by atoms with van der Waals surface area (Å²) in [6.45, 7) is 1.33. The Morgan fingerprint density at radius 1 is 1.11 bits per heavy atom. The smallest absolute Gasteiger partial charge is 0.416 e. The maximum Gasteiger partial charge on any atom is 0.416 e. The van der Waals surface area contributed by atoms with Crippen molar-refractivity contribution in [2.45, 2.75) is 25.8 Å². The van der Waals surface area contributed by atoms with Crippen LogP contribution in [0.4, 0.5) is 13.2 Å². The van der Waals surface area contributed by atoms with Crippen LogP contribution in [0.2, 0.25) is 0 Å². The standard InChI is InChI=1S/C19H18F3NO5/c1-12(14-4-8-16(9-5-14)27-11-17(24)18(25)26)23-28-10-13-2-6-15(7-3-13)19(20,21)22/h2-9,17,24H,10-11H2,1H3,(H,25,26)/b23-12+. The number of benzene rings is 2. The molecular weight excluding hydrogens is 379 g/mol. The Kier molecular flexibility index (Phi) is 7.00. The zero-order chi connectivity index (χ0) is 20.7. The molecule has 0 spiro atoms. The molecule has 0 amide bonds. The minimum absolute atomic E-state index is 0.0176. The Morgan fingerprint density at radius 3 is 2.25 bits per heavy atom. The highest BCUT2D eigenvalue weighted by molar-refractivity contribution is 5.98. The van der Waals surface area contributed by atoms with Gasteiger partial charge in [-0.3, -0.25) is 0 Å². The molecule has 0 aliphatic rings. The van der Waals surface area contributed by atoms with E-state index in [-0.39, 0.29) is 13.2 Å². The van der Waals surface area contributed by atoms with Crippen LogP contribution in [0.15, 0.2) is 53.7 Å². The van der Waals surface area contributed by atoms with Crippen LogP contribution in [0.3, 0.4) is 0 Å². The predicted molar refractivity (Wildman–Crippen MR) is 94.0 cm³/mol. The lowest BCUT2D eigenvalue weighted by Crippen LogP contribution is -2.26. The van der Waals surface area contributed by atoms with E-state index in [1.807, 2.05) is 0 Å². The topological polar surface area (TPSA) is 88.4 Å². The molecule has 2 N–H and O–H groups in total. The second-order valence-electron chi connectivity index (χ2n) is 5.83. The molecule has 0 fully saturated rings. The number of oxime groups is 1. The average molecular weight is 397 g/mol. The number of carbonyl (C=O) groups is 1. The van der Waals surface area contributed by atoms with Gasteiger partial charge >= 0.3 is 12.1 Å². The van der Waals surface area contributed by atoms with Gasteiger partial charge in [0.25, 0.3) is 0 Å². The van der Waals surface area contributed by atoms with Gasteiger partial charge in [-0.15, -0.1) is 0 Å². The number of alkyl halides is 3. The third-order valence-electron chi connectivity index (χ3n) is 3.68. The molecule has 0 radical (unpaired) electrons. The molecule has 0 aliphatic carbocycles. The number of ether oxygens (including phenoxy) is 1. The van der Waals surface area contributed by atoms with Crippen LogP contribution in [0, 0.1) is 0 Å². The summed E-state index contributed by atoms with van der Waals surface area (Å²) in [5, 5.41) is 21.7. The van der Waals surface area contributed by atoms with Gasteiger partial charge in [-0.05, 0) is 54.4 Å². The van der Waals surface area contributed by atoms with E-state index in [2.05, 4.69) is 5.16 Å². The second kappa shape index (κ2) is 9.23. The largest absolute Gasteiger partial charge is 0.490 e. The van der Waals surface area contributed by atoms with Crippen LogP contribution in [0.25, 0.3) is 0 Å². The van der Waals surface area contributed by atoms with Gasteiger partial charge in [0.05, 0.1) is 11.3 Å². The summed E-state index contributed by atoms with van der Waals surface area (Å²) >= 11 is 0. The third-order valence-corrected chi connectivity index (χ3v) is 3.68. The van der Waals surface area contributed by atoms with E-state index in [9.17, 15) is 18.0 Å². The number of rotatable bonds is 8. The van der Waals surface area contributed by atoms with Crippen LogP contribution >= 0.6 is 0 Å². The summed E-state index contributed by atoms with van der Waals surface area (Å²) in [4.78, 5) is 15.7. The Hall–Kier alpha value is -3.07. The first-order valence-corrected chi connectivity index (χ1v) is 8.13. The number of aliphatic carboxylic acids is 1. The maximum absolute atomic E-state index is 12.5. The molecule has 0 aliphatic heterocycles. The van der Waals surface area contributed by atoms with Crippen LogP contribution in [0.5, 0.6) is 5.75 Å². The van der Waals surface area contributed by atoms with E-state index >= 15 is 0 Å². The van der Waals surface area contributed by atoms with E-state index in [4.69, 9.17) is 19.8 Å². The van der Waals surface area contributed by atoms with Gasteiger partial charge in [-0.1, -0.05) is 17.3 Å². The molecule has 1 unspecified atom stereocenters. The Labute approximate surface area is 158 Å². The number of hydrogen-bond donors (Lipinski definition) is 2. The van der Waals surface area contributed by atoms with Crippen LogP contribution in [-0.2, 0) is 22.4 Å². The Balaban J connectivity index is 1.88. The lowest BCUT2D eigenvalue weighted by atomic mass is 10.1. The SMILES string of the molecule is C/C(=N\OCc1ccc(C(F)(F)F)cc1)c1ccc(OCC(O)C(=O)O)cc1. The Morgan fingerprint density at radius 2 is 1.71 bits per heavy atom. The number of carboxylic acids is 1. The summed E-state index contributed by atoms with van der Waals surface area (Å²) in [5.41, 5.74) is 1.06. The molecule has 2 aromatic rings. The fraction of sp³-hybridized carbons (Fsp3) is 0.263. The summed E-state index contributed by atoms with van der Waals surface area (Å²) in [7, 11) is 0. The minimum atomic E-state index is -4.38. The summed E-state index contributed by atoms with van der Waals surface area (Å²) in [6, 6.07) is 11.1. The highest BCUT2D eigenvalue weighted by Crippen LogP contribution is 2.29. The van der Waals surface area contributed by atoms with Crippen LogP contribution in [0.1, 0.15) is 23.6 Å². The molecule has 6 nitrogen and oxygen atoms in total. The number of carboxylic acid groups (broad SMARTS) is 1. The number of halogens is 3. The number of hydrogen-bond acceptors (Lipinski definition) is 5. The van der Waals surface area contributed by atoms with Crippen molar-refractivity contribution < 1.29 is 37.8 Å². The fourth-order valence-electron chi connectivity index (χ4n) is 2.09. The maximum atomic E-state index is 12.5. The summed E-state index contributed by atoms with van der Waals surface area (Å²) in [5.74, 6) is -0.993. The minimum Gasteiger partial charge on any atom is -0.490 e. The lowest BCUT2D eigenvalue weighted by Gasteiger charge is -2.09. The van der Waals surface area contributed by atoms with E-state index < -0.39 is 23.8 Å². The summed E-state index contributed by atoms with van der Waals surface area (Å²) in [6.07, 6.45) is -5.99. The number of aliphatic hydroxyl groups excluding tert-OH is 1. The van der Waals surface area contributed by atoms with Crippen LogP contribution < -0.4 is 4.74 Å². The van der Waals surface area contributed by atoms with Crippen molar-refractivity contribution in [2.24, 2.45) is 5.16 Å². The van der Waals surface area contributed by atoms with E-state index in [0.29, 0.717) is 22.6 Å². The van der Waals surface area contributed by atoms with Gasteiger partial charge in [0.2, 0.25) is 0 Å². The zero-order valence-electron chi connectivity index (χ0n) is 14.8. The quantitative estimate of drug-likeness (QED) is 0.526. The van der Waals surface area contributed by atoms with Crippen LogP contribution in [-0.4, -0.2) is 34.6 Å². The van der Waals surface area contributed by atoms with Gasteiger partial charge in [0.15, 0.2) is 6.10 Å². The first kappa shape index (κ1) is 21.2. The Bertz CT molecular complexity index is 817. The normalized spacial score (nSPS) is 13.1. The molecule has 2 aromatic carbocycles. The molecule has 0 saturated heterocycles.